The maximum absolute atomic E-state index is 12.1. The summed E-state index contributed by atoms with van der Waals surface area (Å²) in [6.45, 7) is 2.19. The molecule has 104 valence electrons. The molecule has 19 heavy (non-hydrogen) atoms. The Morgan fingerprint density at radius 2 is 2.16 bits per heavy atom. The van der Waals surface area contributed by atoms with Crippen molar-refractivity contribution < 1.29 is 9.53 Å². The van der Waals surface area contributed by atoms with Gasteiger partial charge in [-0.1, -0.05) is 30.2 Å². The van der Waals surface area contributed by atoms with E-state index in [2.05, 4.69) is 0 Å². The molecule has 2 atom stereocenters. The van der Waals surface area contributed by atoms with E-state index in [9.17, 15) is 4.79 Å². The van der Waals surface area contributed by atoms with Crippen molar-refractivity contribution in [2.45, 2.75) is 38.1 Å². The Balaban J connectivity index is 2.10. The summed E-state index contributed by atoms with van der Waals surface area (Å²) in [7, 11) is 0. The van der Waals surface area contributed by atoms with Crippen LogP contribution in [-0.4, -0.2) is 18.1 Å². The number of halogens is 1. The number of rotatable bonds is 4. The molecule has 1 aliphatic rings. The Hall–Kier alpha value is -1.06. The molecule has 4 heteroatoms. The lowest BCUT2D eigenvalue weighted by Gasteiger charge is -2.29. The third-order valence-electron chi connectivity index (χ3n) is 3.92. The van der Waals surface area contributed by atoms with Crippen LogP contribution in [0.2, 0.25) is 5.02 Å². The molecule has 2 rings (SSSR count). The number of nitrogens with two attached hydrogens (primary N) is 1. The zero-order chi connectivity index (χ0) is 13.9. The second-order valence-electron chi connectivity index (χ2n) is 5.18. The molecule has 0 heterocycles. The SMILES string of the molecule is CCOC(=O)C1(N)CCCC1Cc1ccc(Cl)cc1. The van der Waals surface area contributed by atoms with E-state index < -0.39 is 5.54 Å². The quantitative estimate of drug-likeness (QED) is 0.864. The molecule has 1 saturated carbocycles. The van der Waals surface area contributed by atoms with Crippen LogP contribution in [0, 0.1) is 5.92 Å². The smallest absolute Gasteiger partial charge is 0.326 e. The van der Waals surface area contributed by atoms with Crippen molar-refractivity contribution in [3.05, 3.63) is 34.9 Å². The molecule has 2 N–H and O–H groups in total. The highest BCUT2D eigenvalue weighted by Gasteiger charge is 2.46. The third-order valence-corrected chi connectivity index (χ3v) is 4.17. The van der Waals surface area contributed by atoms with E-state index in [1.807, 2.05) is 31.2 Å². The van der Waals surface area contributed by atoms with Gasteiger partial charge in [0, 0.05) is 5.02 Å². The Labute approximate surface area is 119 Å². The Bertz CT molecular complexity index is 446. The highest BCUT2D eigenvalue weighted by molar-refractivity contribution is 6.30. The van der Waals surface area contributed by atoms with Crippen LogP contribution in [0.1, 0.15) is 31.7 Å². The molecule has 0 aliphatic heterocycles. The number of carbonyl (C=O) groups is 1. The monoisotopic (exact) mass is 281 g/mol. The van der Waals surface area contributed by atoms with Crippen LogP contribution in [0.4, 0.5) is 0 Å². The number of ether oxygens (including phenoxy) is 1. The van der Waals surface area contributed by atoms with Gasteiger partial charge in [-0.3, -0.25) is 4.79 Å². The Kier molecular flexibility index (Phi) is 4.48. The third kappa shape index (κ3) is 3.10. The van der Waals surface area contributed by atoms with Gasteiger partial charge in [0.15, 0.2) is 0 Å². The van der Waals surface area contributed by atoms with Crippen LogP contribution in [0.15, 0.2) is 24.3 Å². The predicted molar refractivity (Wildman–Crippen MR) is 76.0 cm³/mol. The van der Waals surface area contributed by atoms with Crippen LogP contribution < -0.4 is 5.73 Å². The van der Waals surface area contributed by atoms with E-state index in [4.69, 9.17) is 22.1 Å². The van der Waals surface area contributed by atoms with Crippen LogP contribution in [0.3, 0.4) is 0 Å². The fraction of sp³-hybridized carbons (Fsp3) is 0.533. The maximum Gasteiger partial charge on any atom is 0.326 e. The summed E-state index contributed by atoms with van der Waals surface area (Å²) in [4.78, 5) is 12.1. The zero-order valence-electron chi connectivity index (χ0n) is 11.2. The van der Waals surface area contributed by atoms with Crippen molar-refractivity contribution in [1.82, 2.24) is 0 Å². The van der Waals surface area contributed by atoms with Gasteiger partial charge in [-0.25, -0.2) is 0 Å². The highest BCUT2D eigenvalue weighted by Crippen LogP contribution is 2.37. The number of carbonyl (C=O) groups excluding carboxylic acids is 1. The molecule has 0 amide bonds. The van der Waals surface area contributed by atoms with Gasteiger partial charge in [0.1, 0.15) is 5.54 Å². The van der Waals surface area contributed by atoms with E-state index in [0.717, 1.165) is 29.8 Å². The Morgan fingerprint density at radius 3 is 2.79 bits per heavy atom. The molecule has 0 radical (unpaired) electrons. The lowest BCUT2D eigenvalue weighted by atomic mass is 9.83. The average molecular weight is 282 g/mol. The molecular formula is C15H20ClNO2. The molecule has 1 aromatic carbocycles. The van der Waals surface area contributed by atoms with Crippen molar-refractivity contribution >= 4 is 17.6 Å². The van der Waals surface area contributed by atoms with Crippen molar-refractivity contribution in [2.75, 3.05) is 6.61 Å². The van der Waals surface area contributed by atoms with Gasteiger partial charge in [0.25, 0.3) is 0 Å². The molecule has 0 saturated heterocycles. The first-order chi connectivity index (χ1) is 9.06. The van der Waals surface area contributed by atoms with Gasteiger partial charge < -0.3 is 10.5 Å². The van der Waals surface area contributed by atoms with Crippen LogP contribution in [0.25, 0.3) is 0 Å². The summed E-state index contributed by atoms with van der Waals surface area (Å²) >= 11 is 5.88. The molecule has 1 aliphatic carbocycles. The lowest BCUT2D eigenvalue weighted by molar-refractivity contribution is -0.151. The lowest BCUT2D eigenvalue weighted by Crippen LogP contribution is -2.52. The molecule has 1 fully saturated rings. The first kappa shape index (κ1) is 14.4. The minimum Gasteiger partial charge on any atom is -0.465 e. The molecule has 1 aromatic rings. The van der Waals surface area contributed by atoms with Gasteiger partial charge in [-0.05, 0) is 49.8 Å². The standard InChI is InChI=1S/C15H20ClNO2/c1-2-19-14(18)15(17)9-3-4-12(15)10-11-5-7-13(16)8-6-11/h5-8,12H,2-4,9-10,17H2,1H3. The minimum absolute atomic E-state index is 0.146. The van der Waals surface area contributed by atoms with Crippen molar-refractivity contribution in [3.63, 3.8) is 0 Å². The van der Waals surface area contributed by atoms with Crippen molar-refractivity contribution in [2.24, 2.45) is 11.7 Å². The normalized spacial score (nSPS) is 26.4. The number of hydrogen-bond donors (Lipinski definition) is 1. The fourth-order valence-corrected chi connectivity index (χ4v) is 2.95. The molecule has 0 aromatic heterocycles. The topological polar surface area (TPSA) is 52.3 Å². The summed E-state index contributed by atoms with van der Waals surface area (Å²) in [5.41, 5.74) is 6.65. The fourth-order valence-electron chi connectivity index (χ4n) is 2.83. The van der Waals surface area contributed by atoms with Crippen molar-refractivity contribution in [3.8, 4) is 0 Å². The average Bonchev–Trinajstić information content (AvgIpc) is 2.75. The minimum atomic E-state index is -0.824. The number of benzene rings is 1. The molecular weight excluding hydrogens is 262 g/mol. The van der Waals surface area contributed by atoms with Crippen LogP contribution >= 0.6 is 11.6 Å². The van der Waals surface area contributed by atoms with Gasteiger partial charge in [-0.2, -0.15) is 0 Å². The summed E-state index contributed by atoms with van der Waals surface area (Å²) in [6, 6.07) is 7.72. The van der Waals surface area contributed by atoms with E-state index in [1.165, 1.54) is 0 Å². The van der Waals surface area contributed by atoms with Crippen LogP contribution in [0.5, 0.6) is 0 Å². The molecule has 0 spiro atoms. The largest absolute Gasteiger partial charge is 0.465 e. The summed E-state index contributed by atoms with van der Waals surface area (Å²) < 4.78 is 5.13. The number of hydrogen-bond acceptors (Lipinski definition) is 3. The highest BCUT2D eigenvalue weighted by atomic mass is 35.5. The Morgan fingerprint density at radius 1 is 1.47 bits per heavy atom. The molecule has 0 bridgehead atoms. The second-order valence-corrected chi connectivity index (χ2v) is 5.62. The maximum atomic E-state index is 12.1. The zero-order valence-corrected chi connectivity index (χ0v) is 12.0. The first-order valence-corrected chi connectivity index (χ1v) is 7.14. The molecule has 3 nitrogen and oxygen atoms in total. The second kappa shape index (κ2) is 5.93. The van der Waals surface area contributed by atoms with E-state index >= 15 is 0 Å². The molecule has 2 unspecified atom stereocenters. The van der Waals surface area contributed by atoms with E-state index in [0.29, 0.717) is 13.0 Å². The summed E-state index contributed by atoms with van der Waals surface area (Å²) in [5.74, 6) is -0.112. The summed E-state index contributed by atoms with van der Waals surface area (Å²) in [5, 5.41) is 0.722. The summed E-state index contributed by atoms with van der Waals surface area (Å²) in [6.07, 6.45) is 3.46. The van der Waals surface area contributed by atoms with Gasteiger partial charge >= 0.3 is 5.97 Å². The predicted octanol–water partition coefficient (Wildman–Crippen LogP) is 2.94. The number of esters is 1. The van der Waals surface area contributed by atoms with E-state index in [1.54, 1.807) is 0 Å². The van der Waals surface area contributed by atoms with Gasteiger partial charge in [0.2, 0.25) is 0 Å². The van der Waals surface area contributed by atoms with Gasteiger partial charge in [-0.15, -0.1) is 0 Å². The van der Waals surface area contributed by atoms with Crippen molar-refractivity contribution in [1.29, 1.82) is 0 Å². The first-order valence-electron chi connectivity index (χ1n) is 6.77. The van der Waals surface area contributed by atoms with Crippen LogP contribution in [-0.2, 0) is 16.0 Å². The van der Waals surface area contributed by atoms with Gasteiger partial charge in [0.05, 0.1) is 6.61 Å². The van der Waals surface area contributed by atoms with E-state index in [-0.39, 0.29) is 11.9 Å².